The van der Waals surface area contributed by atoms with E-state index in [0.717, 1.165) is 12.1 Å². The lowest BCUT2D eigenvalue weighted by Crippen LogP contribution is -2.36. The monoisotopic (exact) mass is 517 g/mol. The summed E-state index contributed by atoms with van der Waals surface area (Å²) in [6.07, 6.45) is -3.59. The Kier molecular flexibility index (Phi) is 6.40. The van der Waals surface area contributed by atoms with Crippen molar-refractivity contribution < 1.29 is 37.6 Å². The molecule has 0 saturated heterocycles. The Morgan fingerprint density at radius 3 is 2.66 bits per heavy atom. The van der Waals surface area contributed by atoms with Crippen molar-refractivity contribution in [3.05, 3.63) is 68.2 Å². The molecule has 186 valence electrons. The number of rotatable bonds is 5. The molecule has 1 aliphatic rings. The highest BCUT2D eigenvalue weighted by Crippen LogP contribution is 2.40. The van der Waals surface area contributed by atoms with Crippen molar-refractivity contribution in [2.45, 2.75) is 24.9 Å². The highest BCUT2D eigenvalue weighted by molar-refractivity contribution is 6.33. The first kappa shape index (κ1) is 24.8. The number of aliphatic hydroxyl groups excluding tert-OH is 1. The Hall–Kier alpha value is -3.33. The number of benzene rings is 1. The summed E-state index contributed by atoms with van der Waals surface area (Å²) in [4.78, 5) is 21.3. The summed E-state index contributed by atoms with van der Waals surface area (Å²) >= 11 is 6.06. The van der Waals surface area contributed by atoms with E-state index in [2.05, 4.69) is 20.2 Å². The van der Waals surface area contributed by atoms with E-state index in [9.17, 15) is 37.7 Å². The van der Waals surface area contributed by atoms with Crippen molar-refractivity contribution in [1.82, 2.24) is 20.2 Å². The number of aromatic amines is 1. The first-order valence-corrected chi connectivity index (χ1v) is 10.3. The fourth-order valence-electron chi connectivity index (χ4n) is 3.45. The number of anilines is 1. The Balaban J connectivity index is 1.81. The Labute approximate surface area is 198 Å². The largest absolute Gasteiger partial charge is 0.438 e. The van der Waals surface area contributed by atoms with Crippen LogP contribution in [-0.2, 0) is 24.9 Å². The Bertz CT molecular complexity index is 1330. The number of hydrogen-bond acceptors (Lipinski definition) is 9. The number of H-pyrrole nitrogens is 1. The number of hydrogen-bond donors (Lipinski definition) is 4. The second-order valence-corrected chi connectivity index (χ2v) is 7.94. The first-order valence-electron chi connectivity index (χ1n) is 9.89. The van der Waals surface area contributed by atoms with Crippen LogP contribution < -0.4 is 15.2 Å². The minimum atomic E-state index is -4.96. The molecular weight excluding hydrogens is 502 g/mol. The second-order valence-electron chi connectivity index (χ2n) is 7.56. The number of halogens is 5. The van der Waals surface area contributed by atoms with E-state index in [1.54, 1.807) is 4.90 Å². The molecule has 10 nitrogen and oxygen atoms in total. The molecule has 0 saturated carbocycles. The zero-order valence-electron chi connectivity index (χ0n) is 17.5. The topological polar surface area (TPSA) is 145 Å². The van der Waals surface area contributed by atoms with E-state index in [4.69, 9.17) is 16.3 Å². The molecule has 15 heteroatoms. The van der Waals surface area contributed by atoms with Crippen LogP contribution in [0.15, 0.2) is 29.2 Å². The maximum absolute atomic E-state index is 13.5. The summed E-state index contributed by atoms with van der Waals surface area (Å²) in [5.74, 6) is -6.06. The van der Waals surface area contributed by atoms with Crippen molar-refractivity contribution in [3.63, 3.8) is 0 Å². The van der Waals surface area contributed by atoms with E-state index in [-0.39, 0.29) is 47.5 Å². The van der Waals surface area contributed by atoms with Gasteiger partial charge in [-0.15, -0.1) is 0 Å². The molecule has 2 aromatic heterocycles. The maximum Gasteiger partial charge on any atom is 0.420 e. The zero-order chi connectivity index (χ0) is 25.5. The van der Waals surface area contributed by atoms with Gasteiger partial charge in [0.15, 0.2) is 5.82 Å². The molecule has 3 aromatic rings. The molecule has 0 bridgehead atoms. The molecule has 3 heterocycles. The molecule has 4 rings (SSSR count). The van der Waals surface area contributed by atoms with Gasteiger partial charge in [-0.05, 0) is 24.6 Å². The van der Waals surface area contributed by atoms with Gasteiger partial charge in [0.2, 0.25) is 11.7 Å². The molecule has 1 aromatic carbocycles. The minimum absolute atomic E-state index is 0.0829. The zero-order valence-corrected chi connectivity index (χ0v) is 18.2. The van der Waals surface area contributed by atoms with Crippen LogP contribution >= 0.6 is 11.6 Å². The maximum atomic E-state index is 13.5. The fourth-order valence-corrected chi connectivity index (χ4v) is 3.66. The molecule has 0 fully saturated rings. The number of nitrogens with zero attached hydrogens (tertiary/aromatic N) is 4. The van der Waals surface area contributed by atoms with Crippen LogP contribution in [0.5, 0.6) is 11.6 Å². The molecule has 4 N–H and O–H groups in total. The van der Waals surface area contributed by atoms with Gasteiger partial charge in [-0.3, -0.25) is 4.79 Å². The van der Waals surface area contributed by atoms with Gasteiger partial charge in [-0.1, -0.05) is 11.6 Å². The number of aromatic nitrogens is 4. The van der Waals surface area contributed by atoms with Crippen LogP contribution in [0, 0.1) is 5.82 Å². The average Bonchev–Trinajstić information content (AvgIpc) is 2.80. The second kappa shape index (κ2) is 9.03. The third-order valence-corrected chi connectivity index (χ3v) is 5.54. The smallest absolute Gasteiger partial charge is 0.420 e. The van der Waals surface area contributed by atoms with Crippen LogP contribution in [0.25, 0.3) is 0 Å². The lowest BCUT2D eigenvalue weighted by Gasteiger charge is -2.31. The molecule has 0 aliphatic carbocycles. The number of ether oxygens (including phenoxy) is 1. The minimum Gasteiger partial charge on any atom is -0.438 e. The number of nitrogens with one attached hydrogen (secondary N) is 1. The molecular formula is C20H16ClF4N5O5. The molecule has 0 spiro atoms. The van der Waals surface area contributed by atoms with Crippen LogP contribution in [0.2, 0.25) is 5.02 Å². The molecule has 0 atom stereocenters. The quantitative estimate of drug-likeness (QED) is 0.294. The van der Waals surface area contributed by atoms with Gasteiger partial charge < -0.3 is 25.0 Å². The molecule has 35 heavy (non-hydrogen) atoms. The summed E-state index contributed by atoms with van der Waals surface area (Å²) in [5, 5.41) is 35.2. The van der Waals surface area contributed by atoms with Crippen molar-refractivity contribution in [1.29, 1.82) is 0 Å². The summed E-state index contributed by atoms with van der Waals surface area (Å²) in [7, 11) is 0. The van der Waals surface area contributed by atoms with E-state index in [0.29, 0.717) is 0 Å². The van der Waals surface area contributed by atoms with Crippen molar-refractivity contribution in [2.75, 3.05) is 18.1 Å². The van der Waals surface area contributed by atoms with Gasteiger partial charge in [-0.25, -0.2) is 14.5 Å². The highest BCUT2D eigenvalue weighted by atomic mass is 35.5. The van der Waals surface area contributed by atoms with E-state index >= 15 is 0 Å². The predicted molar refractivity (Wildman–Crippen MR) is 111 cm³/mol. The molecule has 1 aliphatic heterocycles. The fraction of sp³-hybridized carbons (Fsp3) is 0.300. The lowest BCUT2D eigenvalue weighted by molar-refractivity contribution is -0.201. The van der Waals surface area contributed by atoms with Crippen molar-refractivity contribution in [3.8, 4) is 11.6 Å². The highest BCUT2D eigenvalue weighted by Gasteiger charge is 2.37. The normalized spacial score (nSPS) is 14.1. The van der Waals surface area contributed by atoms with Gasteiger partial charge >= 0.3 is 6.18 Å². The summed E-state index contributed by atoms with van der Waals surface area (Å²) in [6, 6.07) is 1.78. The van der Waals surface area contributed by atoms with Gasteiger partial charge in [0, 0.05) is 12.1 Å². The number of fused-ring (bicyclic) bond motifs is 1. The van der Waals surface area contributed by atoms with E-state index in [1.807, 2.05) is 0 Å². The standard InChI is InChI=1S/C20H16ClF4N5O5/c21-15-13(6-26-29-16(15)32)30-4-3-10-12(7-30)27-18(19(33,34)8-31)28-17(10)35-14-2-1-9(22)5-11(14)20(23,24)25/h1-2,5-6,31,33-34H,3-4,7-8H2,(H,29,32). The molecule has 0 unspecified atom stereocenters. The summed E-state index contributed by atoms with van der Waals surface area (Å²) in [5.41, 5.74) is -1.49. The van der Waals surface area contributed by atoms with Crippen LogP contribution in [0.1, 0.15) is 22.6 Å². The van der Waals surface area contributed by atoms with Crippen LogP contribution in [-0.4, -0.2) is 48.6 Å². The number of aliphatic hydroxyl groups is 3. The summed E-state index contributed by atoms with van der Waals surface area (Å²) < 4.78 is 59.3. The van der Waals surface area contributed by atoms with Crippen LogP contribution in [0.4, 0.5) is 23.2 Å². The summed E-state index contributed by atoms with van der Waals surface area (Å²) in [6.45, 7) is -1.14. The van der Waals surface area contributed by atoms with Crippen molar-refractivity contribution >= 4 is 17.3 Å². The SMILES string of the molecule is O=c1[nH]ncc(N2CCc3c(nc(C(O)(O)CO)nc3Oc3ccc(F)cc3C(F)(F)F)C2)c1Cl. The number of alkyl halides is 3. The molecule has 0 amide bonds. The Morgan fingerprint density at radius 2 is 1.97 bits per heavy atom. The van der Waals surface area contributed by atoms with Gasteiger partial charge in [0.05, 0.1) is 24.1 Å². The lowest BCUT2D eigenvalue weighted by atomic mass is 10.0. The van der Waals surface area contributed by atoms with Gasteiger partial charge in [0.1, 0.15) is 28.8 Å². The molecule has 0 radical (unpaired) electrons. The van der Waals surface area contributed by atoms with Gasteiger partial charge in [-0.2, -0.15) is 23.3 Å². The third kappa shape index (κ3) is 4.91. The average molecular weight is 518 g/mol. The Morgan fingerprint density at radius 1 is 1.23 bits per heavy atom. The van der Waals surface area contributed by atoms with Gasteiger partial charge in [0.25, 0.3) is 5.56 Å². The van der Waals surface area contributed by atoms with E-state index < -0.39 is 53.0 Å². The predicted octanol–water partition coefficient (Wildman–Crippen LogP) is 1.86. The van der Waals surface area contributed by atoms with Crippen LogP contribution in [0.3, 0.4) is 0 Å². The first-order chi connectivity index (χ1) is 16.4. The van der Waals surface area contributed by atoms with Crippen molar-refractivity contribution in [2.24, 2.45) is 0 Å². The van der Waals surface area contributed by atoms with E-state index in [1.165, 1.54) is 6.20 Å². The third-order valence-electron chi connectivity index (χ3n) is 5.18.